The summed E-state index contributed by atoms with van der Waals surface area (Å²) in [5.74, 6) is 2.23. The van der Waals surface area contributed by atoms with Gasteiger partial charge in [0, 0.05) is 18.8 Å². The van der Waals surface area contributed by atoms with Gasteiger partial charge in [-0.2, -0.15) is 0 Å². The van der Waals surface area contributed by atoms with Crippen molar-refractivity contribution in [2.45, 2.75) is 117 Å². The lowest BCUT2D eigenvalue weighted by molar-refractivity contribution is -0.195. The van der Waals surface area contributed by atoms with E-state index in [2.05, 4.69) is 59.8 Å². The average Bonchev–Trinajstić information content (AvgIpc) is 3.11. The van der Waals surface area contributed by atoms with Crippen molar-refractivity contribution in [1.29, 1.82) is 0 Å². The monoisotopic (exact) mass is 472 g/mol. The van der Waals surface area contributed by atoms with Crippen molar-refractivity contribution >= 4 is 5.97 Å². The third-order valence-electron chi connectivity index (χ3n) is 11.0. The Kier molecular flexibility index (Phi) is 6.69. The number of carbonyl (C=O) groups excluding carboxylic acids is 1. The number of fused-ring (bicyclic) bond motifs is 5. The van der Waals surface area contributed by atoms with E-state index in [0.717, 1.165) is 37.7 Å². The predicted molar refractivity (Wildman–Crippen MR) is 136 cm³/mol. The van der Waals surface area contributed by atoms with Gasteiger partial charge in [0.25, 0.3) is 0 Å². The van der Waals surface area contributed by atoms with Crippen molar-refractivity contribution in [2.75, 3.05) is 0 Å². The van der Waals surface area contributed by atoms with E-state index in [9.17, 15) is 15.0 Å². The highest BCUT2D eigenvalue weighted by Gasteiger charge is 2.67. The SMILES string of the molecule is CC(=O)O[C@@H]1CC[C@]2(C)C3=CC[C@@]4(C)[C@@H](CC[C@H]4[C@H](C)/C=C/[C@H](C)C(C)C)[C@@]3(O)CC[C@@]2(O)C1. The van der Waals surface area contributed by atoms with Crippen LogP contribution in [0.15, 0.2) is 23.8 Å². The first-order valence-electron chi connectivity index (χ1n) is 13.8. The Morgan fingerprint density at radius 2 is 1.76 bits per heavy atom. The second kappa shape index (κ2) is 8.76. The number of rotatable bonds is 5. The van der Waals surface area contributed by atoms with Crippen LogP contribution in [0.25, 0.3) is 0 Å². The molecule has 0 radical (unpaired) electrons. The van der Waals surface area contributed by atoms with E-state index in [0.29, 0.717) is 42.9 Å². The summed E-state index contributed by atoms with van der Waals surface area (Å²) in [7, 11) is 0. The first kappa shape index (κ1) is 25.9. The topological polar surface area (TPSA) is 66.8 Å². The van der Waals surface area contributed by atoms with Gasteiger partial charge in [0.2, 0.25) is 0 Å². The van der Waals surface area contributed by atoms with Crippen LogP contribution in [0.3, 0.4) is 0 Å². The molecule has 192 valence electrons. The fourth-order valence-electron chi connectivity index (χ4n) is 8.49. The summed E-state index contributed by atoms with van der Waals surface area (Å²) >= 11 is 0. The Bertz CT molecular complexity index is 860. The van der Waals surface area contributed by atoms with Crippen LogP contribution >= 0.6 is 0 Å². The Morgan fingerprint density at radius 1 is 1.06 bits per heavy atom. The lowest BCUT2D eigenvalue weighted by Crippen LogP contribution is -2.65. The molecule has 4 heteroatoms. The van der Waals surface area contributed by atoms with E-state index in [1.807, 2.05) is 0 Å². The predicted octanol–water partition coefficient (Wildman–Crippen LogP) is 6.21. The molecule has 0 saturated heterocycles. The molecule has 34 heavy (non-hydrogen) atoms. The van der Waals surface area contributed by atoms with Crippen LogP contribution in [0.2, 0.25) is 0 Å². The summed E-state index contributed by atoms with van der Waals surface area (Å²) in [6.07, 6.45) is 13.2. The number of aliphatic hydroxyl groups is 2. The lowest BCUT2D eigenvalue weighted by atomic mass is 9.45. The summed E-state index contributed by atoms with van der Waals surface area (Å²) in [5, 5.41) is 24.2. The van der Waals surface area contributed by atoms with Crippen molar-refractivity contribution < 1.29 is 19.7 Å². The fraction of sp³-hybridized carbons (Fsp3) is 0.833. The van der Waals surface area contributed by atoms with Crippen LogP contribution in [-0.2, 0) is 9.53 Å². The zero-order valence-electron chi connectivity index (χ0n) is 22.6. The highest BCUT2D eigenvalue weighted by atomic mass is 16.5. The van der Waals surface area contributed by atoms with E-state index in [4.69, 9.17) is 4.74 Å². The third-order valence-corrected chi connectivity index (χ3v) is 11.0. The molecular formula is C30H48O4. The Labute approximate surface area is 207 Å². The van der Waals surface area contributed by atoms with Gasteiger partial charge in [0.05, 0.1) is 11.2 Å². The standard InChI is InChI=1S/C30H48O4/c1-19(2)20(3)8-9-21(4)24-10-11-25-27(24,6)14-13-26-28(7)15-12-23(34-22(5)31)18-29(28,32)16-17-30(25,26)33/h8-9,13,19-21,23-25,32-33H,10-12,14-18H2,1-7H3/b9-8+/t20-,21+,23+,24-,25+,27+,28+,29+,30-/m0/s1. The van der Waals surface area contributed by atoms with E-state index >= 15 is 0 Å². The number of esters is 1. The maximum Gasteiger partial charge on any atom is 0.302 e. The molecule has 0 heterocycles. The van der Waals surface area contributed by atoms with Crippen LogP contribution < -0.4 is 0 Å². The van der Waals surface area contributed by atoms with Crippen molar-refractivity contribution in [2.24, 2.45) is 40.4 Å². The normalized spacial score (nSPS) is 45.8. The lowest BCUT2D eigenvalue weighted by Gasteiger charge is -2.63. The minimum absolute atomic E-state index is 0.0732. The second-order valence-corrected chi connectivity index (χ2v) is 13.2. The molecule has 0 unspecified atom stereocenters. The highest BCUT2D eigenvalue weighted by Crippen LogP contribution is 2.68. The number of hydrogen-bond acceptors (Lipinski definition) is 4. The molecule has 0 aromatic carbocycles. The highest BCUT2D eigenvalue weighted by molar-refractivity contribution is 5.66. The maximum atomic E-state index is 12.4. The van der Waals surface area contributed by atoms with Gasteiger partial charge in [-0.25, -0.2) is 0 Å². The smallest absolute Gasteiger partial charge is 0.302 e. The molecule has 4 rings (SSSR count). The molecular weight excluding hydrogens is 424 g/mol. The molecule has 0 aliphatic heterocycles. The number of ether oxygens (including phenoxy) is 1. The van der Waals surface area contributed by atoms with E-state index in [-0.39, 0.29) is 23.4 Å². The first-order chi connectivity index (χ1) is 15.8. The molecule has 4 aliphatic rings. The van der Waals surface area contributed by atoms with Crippen molar-refractivity contribution in [3.05, 3.63) is 23.8 Å². The quantitative estimate of drug-likeness (QED) is 0.369. The summed E-state index contributed by atoms with van der Waals surface area (Å²) in [6, 6.07) is 0. The Balaban J connectivity index is 1.61. The number of carbonyl (C=O) groups is 1. The van der Waals surface area contributed by atoms with Crippen LogP contribution in [0.4, 0.5) is 0 Å². The molecule has 4 aliphatic carbocycles. The molecule has 9 atom stereocenters. The van der Waals surface area contributed by atoms with Crippen molar-refractivity contribution in [1.82, 2.24) is 0 Å². The second-order valence-electron chi connectivity index (χ2n) is 13.2. The molecule has 4 nitrogen and oxygen atoms in total. The van der Waals surface area contributed by atoms with Gasteiger partial charge < -0.3 is 14.9 Å². The maximum absolute atomic E-state index is 12.4. The number of allylic oxidation sites excluding steroid dienone is 3. The minimum Gasteiger partial charge on any atom is -0.462 e. The van der Waals surface area contributed by atoms with Crippen molar-refractivity contribution in [3.8, 4) is 0 Å². The summed E-state index contributed by atoms with van der Waals surface area (Å²) in [6.45, 7) is 15.2. The van der Waals surface area contributed by atoms with E-state index in [1.165, 1.54) is 6.92 Å². The van der Waals surface area contributed by atoms with Gasteiger partial charge in [0.1, 0.15) is 6.10 Å². The van der Waals surface area contributed by atoms with Crippen molar-refractivity contribution in [3.63, 3.8) is 0 Å². The van der Waals surface area contributed by atoms with Crippen LogP contribution in [0.1, 0.15) is 99.8 Å². The van der Waals surface area contributed by atoms with E-state index < -0.39 is 16.6 Å². The number of hydrogen-bond donors (Lipinski definition) is 2. The van der Waals surface area contributed by atoms with Crippen LogP contribution in [0.5, 0.6) is 0 Å². The molecule has 2 N–H and O–H groups in total. The molecule has 0 aromatic rings. The molecule has 0 amide bonds. The van der Waals surface area contributed by atoms with Gasteiger partial charge in [-0.05, 0) is 85.5 Å². The average molecular weight is 473 g/mol. The Hall–Kier alpha value is -1.13. The van der Waals surface area contributed by atoms with Crippen LogP contribution in [-0.4, -0.2) is 33.5 Å². The summed E-state index contributed by atoms with van der Waals surface area (Å²) in [5.41, 5.74) is -1.09. The fourth-order valence-corrected chi connectivity index (χ4v) is 8.49. The first-order valence-corrected chi connectivity index (χ1v) is 13.8. The zero-order valence-corrected chi connectivity index (χ0v) is 22.6. The third kappa shape index (κ3) is 3.92. The molecule has 0 bridgehead atoms. The molecule has 3 fully saturated rings. The molecule has 0 spiro atoms. The van der Waals surface area contributed by atoms with Gasteiger partial charge in [-0.1, -0.05) is 59.8 Å². The Morgan fingerprint density at radius 3 is 2.41 bits per heavy atom. The summed E-state index contributed by atoms with van der Waals surface area (Å²) < 4.78 is 5.50. The van der Waals surface area contributed by atoms with Gasteiger partial charge in [-0.3, -0.25) is 4.79 Å². The van der Waals surface area contributed by atoms with Crippen LogP contribution in [0, 0.1) is 40.4 Å². The molecule has 0 aromatic heterocycles. The van der Waals surface area contributed by atoms with Gasteiger partial charge in [0.15, 0.2) is 0 Å². The zero-order chi connectivity index (χ0) is 25.1. The largest absolute Gasteiger partial charge is 0.462 e. The van der Waals surface area contributed by atoms with Gasteiger partial charge in [-0.15, -0.1) is 0 Å². The molecule has 3 saturated carbocycles. The van der Waals surface area contributed by atoms with Gasteiger partial charge >= 0.3 is 5.97 Å². The summed E-state index contributed by atoms with van der Waals surface area (Å²) in [4.78, 5) is 11.5. The minimum atomic E-state index is -0.932. The van der Waals surface area contributed by atoms with E-state index in [1.54, 1.807) is 0 Å².